The first-order valence-corrected chi connectivity index (χ1v) is 14.9. The summed E-state index contributed by atoms with van der Waals surface area (Å²) in [6, 6.07) is 9.70. The van der Waals surface area contributed by atoms with Gasteiger partial charge in [-0.25, -0.2) is 13.4 Å². The number of hydrogen-bond donors (Lipinski definition) is 2. The summed E-state index contributed by atoms with van der Waals surface area (Å²) in [4.78, 5) is 20.7. The maximum atomic E-state index is 13.2. The van der Waals surface area contributed by atoms with E-state index in [4.69, 9.17) is 4.98 Å². The number of pyridine rings is 1. The van der Waals surface area contributed by atoms with Crippen molar-refractivity contribution in [3.05, 3.63) is 52.7 Å². The van der Waals surface area contributed by atoms with Crippen molar-refractivity contribution in [2.75, 3.05) is 29.0 Å². The van der Waals surface area contributed by atoms with Gasteiger partial charge in [0.2, 0.25) is 15.9 Å². The lowest BCUT2D eigenvalue weighted by Gasteiger charge is -2.31. The third-order valence-corrected chi connectivity index (χ3v) is 7.85. The highest BCUT2D eigenvalue weighted by atomic mass is 32.2. The molecule has 2 aromatic rings. The largest absolute Gasteiger partial charge is 0.356 e. The molecule has 1 aromatic carbocycles. The second-order valence-corrected chi connectivity index (χ2v) is 13.3. The Bertz CT molecular complexity index is 1230. The lowest BCUT2D eigenvalue weighted by Crippen LogP contribution is -2.32. The third kappa shape index (κ3) is 6.20. The molecule has 0 spiro atoms. The maximum absolute atomic E-state index is 13.2. The Balaban J connectivity index is 1.47. The van der Waals surface area contributed by atoms with Crippen molar-refractivity contribution in [2.24, 2.45) is 5.92 Å². The number of sulfonamides is 1. The van der Waals surface area contributed by atoms with Crippen molar-refractivity contribution in [3.63, 3.8) is 0 Å². The molecule has 3 unspecified atom stereocenters. The molecule has 1 saturated heterocycles. The normalized spacial score (nSPS) is 21.1. The van der Waals surface area contributed by atoms with Gasteiger partial charge in [-0.3, -0.25) is 9.52 Å². The lowest BCUT2D eigenvalue weighted by molar-refractivity contribution is -0.123. The van der Waals surface area contributed by atoms with Gasteiger partial charge in [-0.15, -0.1) is 0 Å². The second kappa shape index (κ2) is 10.0. The van der Waals surface area contributed by atoms with Gasteiger partial charge in [0.05, 0.1) is 18.0 Å². The number of nitrogens with one attached hydrogen (secondary N) is 2. The smallest absolute Gasteiger partial charge is 0.229 e. The minimum absolute atomic E-state index is 0.0245. The zero-order valence-corrected chi connectivity index (χ0v) is 23.2. The van der Waals surface area contributed by atoms with E-state index in [1.165, 1.54) is 24.8 Å². The van der Waals surface area contributed by atoms with Gasteiger partial charge in [0, 0.05) is 30.1 Å². The molecule has 4 rings (SSSR count). The van der Waals surface area contributed by atoms with Crippen LogP contribution in [0.15, 0.2) is 30.3 Å². The zero-order chi connectivity index (χ0) is 26.3. The van der Waals surface area contributed by atoms with E-state index in [9.17, 15) is 13.2 Å². The highest BCUT2D eigenvalue weighted by Gasteiger charge is 2.46. The fourth-order valence-electron chi connectivity index (χ4n) is 5.03. The lowest BCUT2D eigenvalue weighted by atomic mass is 9.91. The standard InChI is InChI=1S/C28H40N4O3S/c1-18-16-20(10-12-24(18)31-36(6,34)35)19(2)29-27(33)23-17-22(23)21-11-13-25(28(3,4)5)30-26(21)32-14-8-7-9-15-32/h10-13,16,19,22-23,31H,7-9,14-15,17H2,1-6H3,(H,29,33). The Labute approximate surface area is 216 Å². The predicted molar refractivity (Wildman–Crippen MR) is 146 cm³/mol. The van der Waals surface area contributed by atoms with Crippen LogP contribution < -0.4 is 14.9 Å². The molecular weight excluding hydrogens is 472 g/mol. The summed E-state index contributed by atoms with van der Waals surface area (Å²) in [5, 5.41) is 3.18. The molecular formula is C28H40N4O3S. The van der Waals surface area contributed by atoms with Crippen molar-refractivity contribution in [1.82, 2.24) is 10.3 Å². The number of hydrogen-bond acceptors (Lipinski definition) is 5. The average molecular weight is 513 g/mol. The number of nitrogens with zero attached hydrogens (tertiary/aromatic N) is 2. The highest BCUT2D eigenvalue weighted by Crippen LogP contribution is 2.51. The van der Waals surface area contributed by atoms with Gasteiger partial charge in [0.1, 0.15) is 5.82 Å². The summed E-state index contributed by atoms with van der Waals surface area (Å²) in [6.45, 7) is 12.4. The van der Waals surface area contributed by atoms with Gasteiger partial charge < -0.3 is 10.2 Å². The summed E-state index contributed by atoms with van der Waals surface area (Å²) in [5.41, 5.74) is 4.58. The molecule has 1 aromatic heterocycles. The van der Waals surface area contributed by atoms with E-state index in [1.54, 1.807) is 6.07 Å². The van der Waals surface area contributed by atoms with E-state index in [2.05, 4.69) is 47.8 Å². The number of carbonyl (C=O) groups excluding carboxylic acids is 1. The molecule has 0 radical (unpaired) electrons. The van der Waals surface area contributed by atoms with E-state index in [-0.39, 0.29) is 29.2 Å². The second-order valence-electron chi connectivity index (χ2n) is 11.5. The third-order valence-electron chi connectivity index (χ3n) is 7.26. The Morgan fingerprint density at radius 2 is 1.81 bits per heavy atom. The molecule has 7 nitrogen and oxygen atoms in total. The number of anilines is 2. The number of rotatable bonds is 7. The zero-order valence-electron chi connectivity index (χ0n) is 22.4. The molecule has 2 aliphatic rings. The van der Waals surface area contributed by atoms with Crippen LogP contribution in [-0.2, 0) is 20.2 Å². The molecule has 0 bridgehead atoms. The van der Waals surface area contributed by atoms with Gasteiger partial charge >= 0.3 is 0 Å². The van der Waals surface area contributed by atoms with Gasteiger partial charge in [-0.05, 0) is 74.3 Å². The van der Waals surface area contributed by atoms with Crippen molar-refractivity contribution in [3.8, 4) is 0 Å². The van der Waals surface area contributed by atoms with Crippen LogP contribution in [-0.4, -0.2) is 38.7 Å². The van der Waals surface area contributed by atoms with Crippen LogP contribution in [0.4, 0.5) is 11.5 Å². The summed E-state index contributed by atoms with van der Waals surface area (Å²) in [5.74, 6) is 1.28. The Hall–Kier alpha value is -2.61. The average Bonchev–Trinajstić information content (AvgIpc) is 3.60. The number of benzene rings is 1. The van der Waals surface area contributed by atoms with Crippen LogP contribution in [0.2, 0.25) is 0 Å². The predicted octanol–water partition coefficient (Wildman–Crippen LogP) is 5.03. The van der Waals surface area contributed by atoms with Gasteiger partial charge in [-0.1, -0.05) is 39.0 Å². The summed E-state index contributed by atoms with van der Waals surface area (Å²) >= 11 is 0. The van der Waals surface area contributed by atoms with Gasteiger partial charge in [0.15, 0.2) is 0 Å². The van der Waals surface area contributed by atoms with Crippen LogP contribution in [0, 0.1) is 12.8 Å². The van der Waals surface area contributed by atoms with E-state index in [0.717, 1.165) is 48.4 Å². The molecule has 2 fully saturated rings. The Morgan fingerprint density at radius 1 is 1.11 bits per heavy atom. The molecule has 2 N–H and O–H groups in total. The highest BCUT2D eigenvalue weighted by molar-refractivity contribution is 7.92. The van der Waals surface area contributed by atoms with Crippen molar-refractivity contribution in [2.45, 2.75) is 77.7 Å². The summed E-state index contributed by atoms with van der Waals surface area (Å²) in [6.07, 6.45) is 5.61. The van der Waals surface area contributed by atoms with E-state index in [0.29, 0.717) is 5.69 Å². The summed E-state index contributed by atoms with van der Waals surface area (Å²) in [7, 11) is -3.34. The van der Waals surface area contributed by atoms with E-state index < -0.39 is 10.0 Å². The van der Waals surface area contributed by atoms with Gasteiger partial charge in [-0.2, -0.15) is 0 Å². The minimum atomic E-state index is -3.34. The molecule has 2 heterocycles. The molecule has 1 aliphatic carbocycles. The fourth-order valence-corrected chi connectivity index (χ4v) is 5.66. The minimum Gasteiger partial charge on any atom is -0.356 e. The topological polar surface area (TPSA) is 91.4 Å². The number of aryl methyl sites for hydroxylation is 1. The van der Waals surface area contributed by atoms with E-state index >= 15 is 0 Å². The van der Waals surface area contributed by atoms with Crippen LogP contribution in [0.25, 0.3) is 0 Å². The first-order chi connectivity index (χ1) is 16.8. The molecule has 1 amide bonds. The van der Waals surface area contributed by atoms with Crippen LogP contribution in [0.3, 0.4) is 0 Å². The molecule has 36 heavy (non-hydrogen) atoms. The van der Waals surface area contributed by atoms with Gasteiger partial charge in [0.25, 0.3) is 0 Å². The SMILES string of the molecule is Cc1cc(C(C)NC(=O)C2CC2c2ccc(C(C)(C)C)nc2N2CCCCC2)ccc1NS(C)(=O)=O. The van der Waals surface area contributed by atoms with Crippen LogP contribution in [0.1, 0.15) is 87.7 Å². The summed E-state index contributed by atoms with van der Waals surface area (Å²) < 4.78 is 25.7. The Morgan fingerprint density at radius 3 is 2.42 bits per heavy atom. The fraction of sp³-hybridized carbons (Fsp3) is 0.571. The number of carbonyl (C=O) groups is 1. The number of aromatic nitrogens is 1. The van der Waals surface area contributed by atoms with Crippen LogP contribution in [0.5, 0.6) is 0 Å². The number of piperidine rings is 1. The van der Waals surface area contributed by atoms with Crippen LogP contribution >= 0.6 is 0 Å². The molecule has 1 aliphatic heterocycles. The van der Waals surface area contributed by atoms with Crippen molar-refractivity contribution in [1.29, 1.82) is 0 Å². The molecule has 1 saturated carbocycles. The molecule has 196 valence electrons. The number of amides is 1. The first kappa shape index (κ1) is 26.5. The quantitative estimate of drug-likeness (QED) is 0.543. The van der Waals surface area contributed by atoms with Crippen molar-refractivity contribution >= 4 is 27.4 Å². The monoisotopic (exact) mass is 512 g/mol. The Kier molecular flexibility index (Phi) is 7.37. The first-order valence-electron chi connectivity index (χ1n) is 13.0. The van der Waals surface area contributed by atoms with E-state index in [1.807, 2.05) is 26.0 Å². The molecule has 8 heteroatoms. The van der Waals surface area contributed by atoms with Crippen molar-refractivity contribution < 1.29 is 13.2 Å². The molecule has 3 atom stereocenters. The maximum Gasteiger partial charge on any atom is 0.229 e.